The maximum absolute atomic E-state index is 10.1. The number of rotatable bonds is 5. The van der Waals surface area contributed by atoms with Crippen LogP contribution in [0.5, 0.6) is 17.2 Å². The Hall–Kier alpha value is -3.09. The molecule has 0 atom stereocenters. The molecule has 2 aromatic carbocycles. The first-order chi connectivity index (χ1) is 13.7. The quantitative estimate of drug-likeness (QED) is 0.609. The van der Waals surface area contributed by atoms with Crippen molar-refractivity contribution in [3.63, 3.8) is 0 Å². The normalized spacial score (nSPS) is 14.8. The lowest BCUT2D eigenvalue weighted by Gasteiger charge is -2.37. The van der Waals surface area contributed by atoms with E-state index in [1.165, 1.54) is 0 Å². The van der Waals surface area contributed by atoms with E-state index >= 15 is 0 Å². The molecule has 2 N–H and O–H groups in total. The molecule has 3 rings (SSSR count). The van der Waals surface area contributed by atoms with Crippen LogP contribution in [0.4, 0.5) is 5.69 Å². The van der Waals surface area contributed by atoms with Crippen molar-refractivity contribution in [2.24, 2.45) is 4.99 Å². The highest BCUT2D eigenvalue weighted by molar-refractivity contribution is 5.80. The number of piperazine rings is 1. The van der Waals surface area contributed by atoms with E-state index in [4.69, 9.17) is 9.47 Å². The van der Waals surface area contributed by atoms with E-state index < -0.39 is 0 Å². The Morgan fingerprint density at radius 2 is 1.75 bits per heavy atom. The number of anilines is 1. The van der Waals surface area contributed by atoms with Gasteiger partial charge in [-0.1, -0.05) is 18.2 Å². The first kappa shape index (κ1) is 19.7. The molecule has 1 aliphatic heterocycles. The van der Waals surface area contributed by atoms with Crippen molar-refractivity contribution in [3.8, 4) is 17.2 Å². The third-order valence-electron chi connectivity index (χ3n) is 4.91. The summed E-state index contributed by atoms with van der Waals surface area (Å²) in [5, 5.41) is 13.5. The molecular weight excluding hydrogens is 356 g/mol. The molecule has 0 spiro atoms. The Morgan fingerprint density at radius 1 is 1.04 bits per heavy atom. The standard InChI is InChI=1S/C21H28N4O3/c1-22-21(23-15-16-8-9-19(27-2)20(14-16)28-3)25-12-10-24(11-13-25)17-6-4-5-7-18(17)26/h4-9,14,26H,10-13,15H2,1-3H3,(H,22,23). The lowest BCUT2D eigenvalue weighted by Crippen LogP contribution is -2.52. The molecule has 7 nitrogen and oxygen atoms in total. The summed E-state index contributed by atoms with van der Waals surface area (Å²) in [7, 11) is 5.07. The predicted octanol–water partition coefficient (Wildman–Crippen LogP) is 2.31. The highest BCUT2D eigenvalue weighted by Gasteiger charge is 2.21. The van der Waals surface area contributed by atoms with Crippen LogP contribution in [-0.2, 0) is 6.54 Å². The van der Waals surface area contributed by atoms with Gasteiger partial charge >= 0.3 is 0 Å². The molecule has 0 aliphatic carbocycles. The van der Waals surface area contributed by atoms with Gasteiger partial charge in [0.05, 0.1) is 19.9 Å². The van der Waals surface area contributed by atoms with Crippen molar-refractivity contribution in [2.75, 3.05) is 52.3 Å². The zero-order valence-corrected chi connectivity index (χ0v) is 16.7. The van der Waals surface area contributed by atoms with Crippen molar-refractivity contribution >= 4 is 11.6 Å². The van der Waals surface area contributed by atoms with E-state index in [9.17, 15) is 5.11 Å². The molecule has 150 valence electrons. The van der Waals surface area contributed by atoms with Crippen molar-refractivity contribution in [2.45, 2.75) is 6.54 Å². The summed E-state index contributed by atoms with van der Waals surface area (Å²) in [6.07, 6.45) is 0. The maximum Gasteiger partial charge on any atom is 0.194 e. The van der Waals surface area contributed by atoms with Crippen LogP contribution in [0.2, 0.25) is 0 Å². The van der Waals surface area contributed by atoms with Gasteiger partial charge in [-0.15, -0.1) is 0 Å². The number of para-hydroxylation sites is 2. The van der Waals surface area contributed by atoms with Gasteiger partial charge in [-0.3, -0.25) is 4.99 Å². The minimum absolute atomic E-state index is 0.326. The number of nitrogens with zero attached hydrogens (tertiary/aromatic N) is 3. The van der Waals surface area contributed by atoms with Gasteiger partial charge in [-0.2, -0.15) is 0 Å². The third kappa shape index (κ3) is 4.42. The number of guanidine groups is 1. The van der Waals surface area contributed by atoms with E-state index in [0.717, 1.165) is 49.1 Å². The fourth-order valence-corrected chi connectivity index (χ4v) is 3.39. The molecule has 2 aromatic rings. The van der Waals surface area contributed by atoms with E-state index in [-0.39, 0.29) is 0 Å². The van der Waals surface area contributed by atoms with Crippen molar-refractivity contribution in [3.05, 3.63) is 48.0 Å². The Labute approximate surface area is 166 Å². The van der Waals surface area contributed by atoms with Crippen molar-refractivity contribution in [1.82, 2.24) is 10.2 Å². The summed E-state index contributed by atoms with van der Waals surface area (Å²) in [6.45, 7) is 3.97. The van der Waals surface area contributed by atoms with Gasteiger partial charge in [0.15, 0.2) is 17.5 Å². The van der Waals surface area contributed by atoms with Gasteiger partial charge in [0.1, 0.15) is 5.75 Å². The summed E-state index contributed by atoms with van der Waals surface area (Å²) in [4.78, 5) is 8.86. The van der Waals surface area contributed by atoms with Gasteiger partial charge < -0.3 is 29.7 Å². The molecule has 0 bridgehead atoms. The van der Waals surface area contributed by atoms with Gasteiger partial charge in [-0.05, 0) is 29.8 Å². The first-order valence-corrected chi connectivity index (χ1v) is 9.35. The number of nitrogens with one attached hydrogen (secondary N) is 1. The minimum Gasteiger partial charge on any atom is -0.506 e. The third-order valence-corrected chi connectivity index (χ3v) is 4.91. The molecule has 0 saturated carbocycles. The number of benzene rings is 2. The SMILES string of the molecule is CN=C(NCc1ccc(OC)c(OC)c1)N1CCN(c2ccccc2O)CC1. The van der Waals surface area contributed by atoms with E-state index in [1.807, 2.05) is 36.4 Å². The number of methoxy groups -OCH3 is 2. The van der Waals surface area contributed by atoms with E-state index in [1.54, 1.807) is 27.3 Å². The predicted molar refractivity (Wildman–Crippen MR) is 112 cm³/mol. The summed E-state index contributed by atoms with van der Waals surface area (Å²) in [6, 6.07) is 13.4. The Balaban J connectivity index is 1.57. The molecular formula is C21H28N4O3. The van der Waals surface area contributed by atoms with Crippen LogP contribution in [0.1, 0.15) is 5.56 Å². The monoisotopic (exact) mass is 384 g/mol. The number of aliphatic imine (C=N–C) groups is 1. The van der Waals surface area contributed by atoms with Crippen LogP contribution in [0.15, 0.2) is 47.5 Å². The highest BCUT2D eigenvalue weighted by atomic mass is 16.5. The molecule has 28 heavy (non-hydrogen) atoms. The fourth-order valence-electron chi connectivity index (χ4n) is 3.39. The second kappa shape index (κ2) is 9.21. The van der Waals surface area contributed by atoms with Crippen LogP contribution in [0.25, 0.3) is 0 Å². The second-order valence-corrected chi connectivity index (χ2v) is 6.55. The first-order valence-electron chi connectivity index (χ1n) is 9.35. The number of hydrogen-bond donors (Lipinski definition) is 2. The molecule has 1 saturated heterocycles. The Bertz CT molecular complexity index is 817. The molecule has 0 aromatic heterocycles. The minimum atomic E-state index is 0.326. The number of ether oxygens (including phenoxy) is 2. The largest absolute Gasteiger partial charge is 0.506 e. The number of phenolic OH excluding ortho intramolecular Hbond substituents is 1. The fraction of sp³-hybridized carbons (Fsp3) is 0.381. The van der Waals surface area contributed by atoms with Crippen LogP contribution in [0, 0.1) is 0 Å². The van der Waals surface area contributed by atoms with Crippen LogP contribution >= 0.6 is 0 Å². The summed E-state index contributed by atoms with van der Waals surface area (Å²) in [5.74, 6) is 2.63. The van der Waals surface area contributed by atoms with Crippen LogP contribution < -0.4 is 19.7 Å². The number of aromatic hydroxyl groups is 1. The van der Waals surface area contributed by atoms with Gasteiger partial charge in [0.25, 0.3) is 0 Å². The smallest absolute Gasteiger partial charge is 0.194 e. The Kier molecular flexibility index (Phi) is 6.47. The average molecular weight is 384 g/mol. The highest BCUT2D eigenvalue weighted by Crippen LogP contribution is 2.28. The van der Waals surface area contributed by atoms with Crippen LogP contribution in [0.3, 0.4) is 0 Å². The van der Waals surface area contributed by atoms with Crippen molar-refractivity contribution in [1.29, 1.82) is 0 Å². The average Bonchev–Trinajstić information content (AvgIpc) is 2.75. The molecule has 1 heterocycles. The van der Waals surface area contributed by atoms with Gasteiger partial charge in [0.2, 0.25) is 0 Å². The zero-order chi connectivity index (χ0) is 19.9. The van der Waals surface area contributed by atoms with Crippen molar-refractivity contribution < 1.29 is 14.6 Å². The molecule has 1 aliphatic rings. The summed E-state index contributed by atoms with van der Waals surface area (Å²) in [5.41, 5.74) is 1.97. The second-order valence-electron chi connectivity index (χ2n) is 6.55. The lowest BCUT2D eigenvalue weighted by atomic mass is 10.2. The Morgan fingerprint density at radius 3 is 2.39 bits per heavy atom. The topological polar surface area (TPSA) is 69.6 Å². The van der Waals surface area contributed by atoms with Crippen LogP contribution in [-0.4, -0.2) is 63.4 Å². The van der Waals surface area contributed by atoms with E-state index in [2.05, 4.69) is 20.1 Å². The molecule has 7 heteroatoms. The molecule has 0 unspecified atom stereocenters. The zero-order valence-electron chi connectivity index (χ0n) is 16.7. The maximum atomic E-state index is 10.1. The van der Waals surface area contributed by atoms with Gasteiger partial charge in [0, 0.05) is 39.8 Å². The number of phenols is 1. The molecule has 1 fully saturated rings. The van der Waals surface area contributed by atoms with E-state index in [0.29, 0.717) is 18.0 Å². The molecule has 0 radical (unpaired) electrons. The summed E-state index contributed by atoms with van der Waals surface area (Å²) >= 11 is 0. The summed E-state index contributed by atoms with van der Waals surface area (Å²) < 4.78 is 10.7. The van der Waals surface area contributed by atoms with Gasteiger partial charge in [-0.25, -0.2) is 0 Å². The molecule has 0 amide bonds. The lowest BCUT2D eigenvalue weighted by molar-refractivity contribution is 0.354. The number of hydrogen-bond acceptors (Lipinski definition) is 5.